The summed E-state index contributed by atoms with van der Waals surface area (Å²) >= 11 is 0. The number of carbonyl (C=O) groups excluding carboxylic acids is 1. The Balaban J connectivity index is 1.82. The van der Waals surface area contributed by atoms with Gasteiger partial charge in [0.1, 0.15) is 6.61 Å². The quantitative estimate of drug-likeness (QED) is 0.631. The second kappa shape index (κ2) is 6.73. The van der Waals surface area contributed by atoms with E-state index in [0.717, 1.165) is 10.9 Å². The van der Waals surface area contributed by atoms with E-state index in [0.29, 0.717) is 17.0 Å². The second-order valence-electron chi connectivity index (χ2n) is 7.45. The van der Waals surface area contributed by atoms with Crippen LogP contribution in [0.3, 0.4) is 0 Å². The lowest BCUT2D eigenvalue weighted by molar-refractivity contribution is -0.172. The van der Waals surface area contributed by atoms with E-state index in [1.807, 2.05) is 30.3 Å². The minimum atomic E-state index is -1.89. The number of aliphatic hydroxyl groups excluding tert-OH is 1. The van der Waals surface area contributed by atoms with Crippen LogP contribution >= 0.6 is 0 Å². The van der Waals surface area contributed by atoms with Gasteiger partial charge in [-0.25, -0.2) is 9.78 Å². The Labute approximate surface area is 171 Å². The van der Waals surface area contributed by atoms with E-state index in [4.69, 9.17) is 14.5 Å². The molecule has 8 nitrogen and oxygen atoms in total. The monoisotopic (exact) mass is 408 g/mol. The molecular formula is C22H20N2O6. The average molecular weight is 408 g/mol. The Bertz CT molecular complexity index is 1250. The second-order valence-corrected chi connectivity index (χ2v) is 7.45. The highest BCUT2D eigenvalue weighted by molar-refractivity contribution is 5.86. The van der Waals surface area contributed by atoms with Gasteiger partial charge in [0.05, 0.1) is 35.7 Å². The number of aliphatic hydroxyl groups is 2. The first-order chi connectivity index (χ1) is 14.5. The summed E-state index contributed by atoms with van der Waals surface area (Å²) in [5, 5.41) is 21.1. The summed E-state index contributed by atoms with van der Waals surface area (Å²) in [5.74, 6) is -0.764. The molecule has 1 aromatic carbocycles. The summed E-state index contributed by atoms with van der Waals surface area (Å²) in [6.07, 6.45) is -0.700. The van der Waals surface area contributed by atoms with Crippen LogP contribution in [0.5, 0.6) is 0 Å². The molecule has 2 unspecified atom stereocenters. The molecule has 5 rings (SSSR count). The molecule has 0 amide bonds. The molecule has 0 spiro atoms. The molecule has 0 bridgehead atoms. The number of hydrogen-bond donors (Lipinski definition) is 2. The number of esters is 1. The first-order valence-corrected chi connectivity index (χ1v) is 9.80. The molecule has 0 saturated heterocycles. The van der Waals surface area contributed by atoms with E-state index in [-0.39, 0.29) is 37.4 Å². The van der Waals surface area contributed by atoms with Gasteiger partial charge in [-0.05, 0) is 24.6 Å². The number of cyclic esters (lactones) is 1. The van der Waals surface area contributed by atoms with E-state index in [1.54, 1.807) is 13.0 Å². The van der Waals surface area contributed by atoms with Crippen LogP contribution in [0.1, 0.15) is 36.3 Å². The first-order valence-electron chi connectivity index (χ1n) is 9.80. The van der Waals surface area contributed by atoms with Gasteiger partial charge in [-0.2, -0.15) is 0 Å². The number of ether oxygens (including phenoxy) is 2. The predicted molar refractivity (Wildman–Crippen MR) is 107 cm³/mol. The van der Waals surface area contributed by atoms with Crippen LogP contribution in [0.2, 0.25) is 0 Å². The van der Waals surface area contributed by atoms with Gasteiger partial charge < -0.3 is 19.7 Å². The maximum atomic E-state index is 13.4. The number of aromatic nitrogens is 2. The lowest BCUT2D eigenvalue weighted by atomic mass is 9.86. The number of benzene rings is 1. The molecule has 2 aromatic heterocycles. The van der Waals surface area contributed by atoms with Gasteiger partial charge in [-0.3, -0.25) is 9.36 Å². The van der Waals surface area contributed by atoms with Crippen molar-refractivity contribution in [2.24, 2.45) is 0 Å². The fourth-order valence-corrected chi connectivity index (χ4v) is 4.28. The molecule has 2 aliphatic heterocycles. The number of fused-ring (bicyclic) bond motifs is 5. The molecule has 0 saturated carbocycles. The minimum absolute atomic E-state index is 0.0355. The first kappa shape index (κ1) is 18.9. The summed E-state index contributed by atoms with van der Waals surface area (Å²) < 4.78 is 12.4. The van der Waals surface area contributed by atoms with Crippen molar-refractivity contribution in [2.75, 3.05) is 13.2 Å². The van der Waals surface area contributed by atoms with Gasteiger partial charge >= 0.3 is 5.97 Å². The number of pyridine rings is 2. The molecule has 0 fully saturated rings. The lowest BCUT2D eigenvalue weighted by Crippen LogP contribution is -2.44. The maximum absolute atomic E-state index is 13.4. The summed E-state index contributed by atoms with van der Waals surface area (Å²) in [6, 6.07) is 11.1. The third-order valence-electron chi connectivity index (χ3n) is 5.85. The molecule has 0 radical (unpaired) electrons. The normalized spacial score (nSPS) is 21.8. The fourth-order valence-electron chi connectivity index (χ4n) is 4.28. The molecule has 2 N–H and O–H groups in total. The largest absolute Gasteiger partial charge is 0.458 e. The zero-order chi connectivity index (χ0) is 21.0. The van der Waals surface area contributed by atoms with Crippen molar-refractivity contribution in [3.63, 3.8) is 0 Å². The van der Waals surface area contributed by atoms with Crippen molar-refractivity contribution in [1.29, 1.82) is 0 Å². The minimum Gasteiger partial charge on any atom is -0.458 e. The highest BCUT2D eigenvalue weighted by atomic mass is 16.6. The van der Waals surface area contributed by atoms with Crippen LogP contribution < -0.4 is 5.56 Å². The van der Waals surface area contributed by atoms with Gasteiger partial charge in [-0.1, -0.05) is 25.1 Å². The SMILES string of the molecule is CCC1(O)C(=O)OCc2c1cc1n(c2=O)C(OCCO)c2cc3ccccc3nc2-1. The van der Waals surface area contributed by atoms with E-state index in [9.17, 15) is 19.8 Å². The molecule has 154 valence electrons. The zero-order valence-corrected chi connectivity index (χ0v) is 16.3. The standard InChI is InChI=1S/C22H20N2O6/c1-2-22(28)15-10-17-18-13(9-12-5-3-4-6-16(12)23-18)20(29-8-7-25)24(17)19(26)14(15)11-30-21(22)27/h3-6,9-10,20,25,28H,2,7-8,11H2,1H3. The van der Waals surface area contributed by atoms with E-state index >= 15 is 0 Å². The van der Waals surface area contributed by atoms with Crippen LogP contribution in [0.25, 0.3) is 22.3 Å². The van der Waals surface area contributed by atoms with Crippen LogP contribution in [0, 0.1) is 0 Å². The number of nitrogens with zero attached hydrogens (tertiary/aromatic N) is 2. The Hall–Kier alpha value is -3.07. The number of rotatable bonds is 4. The Morgan fingerprint density at radius 1 is 1.30 bits per heavy atom. The Kier molecular flexibility index (Phi) is 4.25. The van der Waals surface area contributed by atoms with Crippen molar-refractivity contribution in [3.05, 3.63) is 63.4 Å². The van der Waals surface area contributed by atoms with Crippen LogP contribution in [-0.4, -0.2) is 38.9 Å². The van der Waals surface area contributed by atoms with Crippen molar-refractivity contribution in [1.82, 2.24) is 9.55 Å². The van der Waals surface area contributed by atoms with Crippen molar-refractivity contribution >= 4 is 16.9 Å². The highest BCUT2D eigenvalue weighted by Crippen LogP contribution is 2.42. The highest BCUT2D eigenvalue weighted by Gasteiger charge is 2.46. The topological polar surface area (TPSA) is 111 Å². The van der Waals surface area contributed by atoms with E-state index in [1.165, 1.54) is 4.57 Å². The van der Waals surface area contributed by atoms with Gasteiger partial charge in [0.25, 0.3) is 5.56 Å². The van der Waals surface area contributed by atoms with Crippen LogP contribution in [0.4, 0.5) is 0 Å². The van der Waals surface area contributed by atoms with Crippen molar-refractivity contribution in [2.45, 2.75) is 31.8 Å². The molecule has 3 aromatic rings. The third kappa shape index (κ3) is 2.48. The molecule has 0 aliphatic carbocycles. The molecule has 2 aliphatic rings. The predicted octanol–water partition coefficient (Wildman–Crippen LogP) is 1.59. The van der Waals surface area contributed by atoms with Crippen LogP contribution in [0.15, 0.2) is 41.2 Å². The third-order valence-corrected chi connectivity index (χ3v) is 5.85. The number of para-hydroxylation sites is 1. The maximum Gasteiger partial charge on any atom is 0.343 e. The molecule has 4 heterocycles. The van der Waals surface area contributed by atoms with Gasteiger partial charge in [0.2, 0.25) is 0 Å². The number of carbonyl (C=O) groups is 1. The Morgan fingerprint density at radius 2 is 2.10 bits per heavy atom. The smallest absolute Gasteiger partial charge is 0.343 e. The molecule has 30 heavy (non-hydrogen) atoms. The molecule has 8 heteroatoms. The van der Waals surface area contributed by atoms with Gasteiger partial charge in [0, 0.05) is 16.5 Å². The van der Waals surface area contributed by atoms with E-state index < -0.39 is 23.4 Å². The van der Waals surface area contributed by atoms with Crippen molar-refractivity contribution < 1.29 is 24.5 Å². The van der Waals surface area contributed by atoms with Gasteiger partial charge in [0.15, 0.2) is 11.8 Å². The average Bonchev–Trinajstić information content (AvgIpc) is 3.06. The summed E-state index contributed by atoms with van der Waals surface area (Å²) in [4.78, 5) is 30.5. The summed E-state index contributed by atoms with van der Waals surface area (Å²) in [5.41, 5.74) is 0.627. The van der Waals surface area contributed by atoms with Crippen LogP contribution in [-0.2, 0) is 26.5 Å². The summed E-state index contributed by atoms with van der Waals surface area (Å²) in [6.45, 7) is 1.28. The van der Waals surface area contributed by atoms with E-state index in [2.05, 4.69) is 0 Å². The fraction of sp³-hybridized carbons (Fsp3) is 0.318. The Morgan fingerprint density at radius 3 is 2.87 bits per heavy atom. The summed E-state index contributed by atoms with van der Waals surface area (Å²) in [7, 11) is 0. The number of hydrogen-bond acceptors (Lipinski definition) is 7. The molecule has 2 atom stereocenters. The lowest BCUT2D eigenvalue weighted by Gasteiger charge is -2.32. The van der Waals surface area contributed by atoms with Crippen molar-refractivity contribution in [3.8, 4) is 11.4 Å². The molecular weight excluding hydrogens is 388 g/mol. The zero-order valence-electron chi connectivity index (χ0n) is 16.3. The van der Waals surface area contributed by atoms with Gasteiger partial charge in [-0.15, -0.1) is 0 Å².